The summed E-state index contributed by atoms with van der Waals surface area (Å²) in [5.74, 6) is -3.22. The smallest absolute Gasteiger partial charge is 0.253 e. The summed E-state index contributed by atoms with van der Waals surface area (Å²) >= 11 is 0. The van der Waals surface area contributed by atoms with Crippen molar-refractivity contribution in [2.75, 3.05) is 13.6 Å². The molecule has 2 aromatic rings. The van der Waals surface area contributed by atoms with Crippen LogP contribution in [0.1, 0.15) is 22.3 Å². The largest absolute Gasteiger partial charge is 0.345 e. The molecule has 2 amide bonds. The Morgan fingerprint density at radius 1 is 0.964 bits per heavy atom. The van der Waals surface area contributed by atoms with E-state index in [0.29, 0.717) is 18.4 Å². The number of benzene rings is 2. The maximum atomic E-state index is 12.6. The topological polar surface area (TPSA) is 83.6 Å². The van der Waals surface area contributed by atoms with Crippen LogP contribution in [-0.4, -0.2) is 47.9 Å². The van der Waals surface area contributed by atoms with Gasteiger partial charge in [-0.1, -0.05) is 48.5 Å². The molecule has 2 unspecified atom stereocenters. The molecule has 144 valence electrons. The van der Waals surface area contributed by atoms with E-state index >= 15 is 0 Å². The van der Waals surface area contributed by atoms with Crippen molar-refractivity contribution in [1.29, 1.82) is 0 Å². The molecule has 0 saturated carbocycles. The highest BCUT2D eigenvalue weighted by Crippen LogP contribution is 2.18. The Hall–Kier alpha value is -3.28. The summed E-state index contributed by atoms with van der Waals surface area (Å²) in [6.45, 7) is -0.289. The number of aryl methyl sites for hydroxylation is 1. The number of likely N-dealkylation sites (N-methyl/N-ethyl adjacent to an activating group) is 1. The fraction of sp³-hybridized carbons (Fsp3) is 0.273. The number of amides is 2. The molecule has 0 spiro atoms. The Kier molecular flexibility index (Phi) is 5.99. The van der Waals surface area contributed by atoms with Gasteiger partial charge in [-0.3, -0.25) is 19.2 Å². The molecule has 1 heterocycles. The third-order valence-corrected chi connectivity index (χ3v) is 4.85. The van der Waals surface area contributed by atoms with Crippen LogP contribution in [0.2, 0.25) is 0 Å². The van der Waals surface area contributed by atoms with Gasteiger partial charge in [0.05, 0.1) is 12.6 Å². The van der Waals surface area contributed by atoms with E-state index < -0.39 is 29.4 Å². The normalized spacial score (nSPS) is 18.6. The number of carbonyl (C=O) groups excluding carboxylic acids is 4. The molecule has 3 rings (SSSR count). The quantitative estimate of drug-likeness (QED) is 0.743. The fourth-order valence-corrected chi connectivity index (χ4v) is 3.33. The Morgan fingerprint density at radius 3 is 2.21 bits per heavy atom. The van der Waals surface area contributed by atoms with E-state index in [-0.39, 0.29) is 12.5 Å². The third kappa shape index (κ3) is 4.34. The summed E-state index contributed by atoms with van der Waals surface area (Å²) in [6, 6.07) is 17.5. The summed E-state index contributed by atoms with van der Waals surface area (Å²) in [5, 5.41) is 2.63. The van der Waals surface area contributed by atoms with Crippen molar-refractivity contribution >= 4 is 23.4 Å². The summed E-state index contributed by atoms with van der Waals surface area (Å²) in [5.41, 5.74) is 1.51. The molecular weight excluding hydrogens is 356 g/mol. The number of hydrogen-bond donors (Lipinski definition) is 1. The second-order valence-electron chi connectivity index (χ2n) is 6.91. The molecule has 6 nitrogen and oxygen atoms in total. The van der Waals surface area contributed by atoms with Gasteiger partial charge in [-0.05, 0) is 30.5 Å². The second kappa shape index (κ2) is 8.61. The first-order valence-electron chi connectivity index (χ1n) is 9.18. The number of rotatable bonds is 7. The van der Waals surface area contributed by atoms with E-state index in [0.717, 1.165) is 5.56 Å². The highest BCUT2D eigenvalue weighted by atomic mass is 16.2. The van der Waals surface area contributed by atoms with Gasteiger partial charge in [0.25, 0.3) is 5.91 Å². The molecule has 0 bridgehead atoms. The fourth-order valence-electron chi connectivity index (χ4n) is 3.33. The molecule has 2 aromatic carbocycles. The van der Waals surface area contributed by atoms with Crippen LogP contribution < -0.4 is 5.32 Å². The number of carbonyl (C=O) groups is 4. The minimum absolute atomic E-state index is 0.289. The number of hydrogen-bond acceptors (Lipinski definition) is 4. The predicted octanol–water partition coefficient (Wildman–Crippen LogP) is 1.64. The molecule has 1 aliphatic heterocycles. The van der Waals surface area contributed by atoms with Crippen molar-refractivity contribution in [1.82, 2.24) is 10.2 Å². The van der Waals surface area contributed by atoms with E-state index in [4.69, 9.17) is 0 Å². The van der Waals surface area contributed by atoms with Crippen LogP contribution in [0.5, 0.6) is 0 Å². The summed E-state index contributed by atoms with van der Waals surface area (Å²) in [4.78, 5) is 51.0. The van der Waals surface area contributed by atoms with Crippen molar-refractivity contribution in [2.24, 2.45) is 5.92 Å². The first kappa shape index (κ1) is 19.5. The van der Waals surface area contributed by atoms with Crippen molar-refractivity contribution in [2.45, 2.75) is 18.9 Å². The summed E-state index contributed by atoms with van der Waals surface area (Å²) in [7, 11) is 1.48. The van der Waals surface area contributed by atoms with E-state index in [9.17, 15) is 19.2 Å². The van der Waals surface area contributed by atoms with Gasteiger partial charge in [-0.15, -0.1) is 0 Å². The first-order chi connectivity index (χ1) is 13.5. The molecule has 0 aromatic heterocycles. The van der Waals surface area contributed by atoms with Crippen LogP contribution in [0, 0.1) is 5.92 Å². The Labute approximate surface area is 163 Å². The van der Waals surface area contributed by atoms with Gasteiger partial charge < -0.3 is 10.2 Å². The Bertz CT molecular complexity index is 880. The van der Waals surface area contributed by atoms with Gasteiger partial charge in [0, 0.05) is 12.6 Å². The van der Waals surface area contributed by atoms with Gasteiger partial charge >= 0.3 is 0 Å². The first-order valence-corrected chi connectivity index (χ1v) is 9.18. The van der Waals surface area contributed by atoms with Crippen molar-refractivity contribution in [3.63, 3.8) is 0 Å². The van der Waals surface area contributed by atoms with Crippen LogP contribution >= 0.6 is 0 Å². The molecule has 0 radical (unpaired) electrons. The van der Waals surface area contributed by atoms with Crippen molar-refractivity contribution in [3.05, 3.63) is 71.8 Å². The molecule has 1 N–H and O–H groups in total. The van der Waals surface area contributed by atoms with Crippen LogP contribution in [0.25, 0.3) is 0 Å². The van der Waals surface area contributed by atoms with E-state index in [1.807, 2.05) is 30.3 Å². The lowest BCUT2D eigenvalue weighted by Gasteiger charge is -2.17. The zero-order valence-corrected chi connectivity index (χ0v) is 15.6. The van der Waals surface area contributed by atoms with E-state index in [1.54, 1.807) is 30.3 Å². The second-order valence-corrected chi connectivity index (χ2v) is 6.91. The van der Waals surface area contributed by atoms with Crippen LogP contribution in [0.4, 0.5) is 0 Å². The minimum atomic E-state index is -1.34. The van der Waals surface area contributed by atoms with Gasteiger partial charge in [0.15, 0.2) is 17.5 Å². The molecule has 2 atom stereocenters. The molecule has 1 aliphatic rings. The van der Waals surface area contributed by atoms with Crippen LogP contribution in [-0.2, 0) is 20.8 Å². The third-order valence-electron chi connectivity index (χ3n) is 4.85. The summed E-state index contributed by atoms with van der Waals surface area (Å²) < 4.78 is 0. The molecule has 6 heteroatoms. The molecule has 28 heavy (non-hydrogen) atoms. The van der Waals surface area contributed by atoms with E-state index in [1.165, 1.54) is 11.9 Å². The molecule has 1 saturated heterocycles. The van der Waals surface area contributed by atoms with Gasteiger partial charge in [0.2, 0.25) is 5.91 Å². The molecular formula is C22H22N2O4. The van der Waals surface area contributed by atoms with Gasteiger partial charge in [-0.25, -0.2) is 0 Å². The van der Waals surface area contributed by atoms with Crippen LogP contribution in [0.3, 0.4) is 0 Å². The highest BCUT2D eigenvalue weighted by molar-refractivity contribution is 6.25. The average Bonchev–Trinajstić information content (AvgIpc) is 3.00. The predicted molar refractivity (Wildman–Crippen MR) is 104 cm³/mol. The zero-order valence-electron chi connectivity index (χ0n) is 15.6. The molecule has 0 aliphatic carbocycles. The number of Topliss-reactive ketones (excluding diaryl/α,β-unsaturated/α-hetero) is 2. The lowest BCUT2D eigenvalue weighted by atomic mass is 9.95. The van der Waals surface area contributed by atoms with Gasteiger partial charge in [0.1, 0.15) is 0 Å². The standard InChI is InChI=1S/C22H22N2O4/c1-24(22(28)16-10-6-3-7-11-16)14-18(25)19-20(26)17(23-21(19)27)13-12-15-8-4-2-5-9-15/h2-11,17,19H,12-14H2,1H3,(H,23,27). The maximum absolute atomic E-state index is 12.6. The number of nitrogens with one attached hydrogen (secondary N) is 1. The lowest BCUT2D eigenvalue weighted by molar-refractivity contribution is -0.136. The SMILES string of the molecule is CN(CC(=O)C1C(=O)NC(CCc2ccccc2)C1=O)C(=O)c1ccccc1. The van der Waals surface area contributed by atoms with Crippen molar-refractivity contribution in [3.8, 4) is 0 Å². The Balaban J connectivity index is 1.59. The van der Waals surface area contributed by atoms with Gasteiger partial charge in [-0.2, -0.15) is 0 Å². The zero-order chi connectivity index (χ0) is 20.1. The monoisotopic (exact) mass is 378 g/mol. The Morgan fingerprint density at radius 2 is 1.57 bits per heavy atom. The minimum Gasteiger partial charge on any atom is -0.345 e. The van der Waals surface area contributed by atoms with Crippen LogP contribution in [0.15, 0.2) is 60.7 Å². The van der Waals surface area contributed by atoms with Crippen molar-refractivity contribution < 1.29 is 19.2 Å². The number of ketones is 2. The van der Waals surface area contributed by atoms with E-state index in [2.05, 4.69) is 5.32 Å². The summed E-state index contributed by atoms with van der Waals surface area (Å²) in [6.07, 6.45) is 1.07. The molecule has 1 fully saturated rings. The maximum Gasteiger partial charge on any atom is 0.253 e. The number of nitrogens with zero attached hydrogens (tertiary/aromatic N) is 1. The average molecular weight is 378 g/mol. The highest BCUT2D eigenvalue weighted by Gasteiger charge is 2.45. The lowest BCUT2D eigenvalue weighted by Crippen LogP contribution is -2.39.